The maximum Gasteiger partial charge on any atom is 0.263 e. The van der Waals surface area contributed by atoms with E-state index in [0.717, 1.165) is 31.2 Å². The van der Waals surface area contributed by atoms with E-state index in [2.05, 4.69) is 20.0 Å². The third-order valence-electron chi connectivity index (χ3n) is 5.69. The van der Waals surface area contributed by atoms with Crippen LogP contribution in [-0.4, -0.2) is 29.5 Å². The summed E-state index contributed by atoms with van der Waals surface area (Å²) >= 11 is 5.24. The van der Waals surface area contributed by atoms with Gasteiger partial charge in [0.1, 0.15) is 5.82 Å². The predicted octanol–water partition coefficient (Wildman–Crippen LogP) is 3.19. The SMILES string of the molecule is O=c1[nH]c(CCc2cccc(S(=O)(=O)NC(=S)NC3CCCCC3)c2)nc2ccccc12. The Kier molecular flexibility index (Phi) is 6.86. The van der Waals surface area contributed by atoms with Crippen LogP contribution in [0.1, 0.15) is 43.5 Å². The maximum absolute atomic E-state index is 12.8. The number of aromatic amines is 1. The van der Waals surface area contributed by atoms with E-state index in [4.69, 9.17) is 12.2 Å². The van der Waals surface area contributed by atoms with Crippen LogP contribution in [0.3, 0.4) is 0 Å². The number of para-hydroxylation sites is 1. The lowest BCUT2D eigenvalue weighted by Gasteiger charge is -2.24. The van der Waals surface area contributed by atoms with Gasteiger partial charge in [-0.2, -0.15) is 0 Å². The van der Waals surface area contributed by atoms with Crippen molar-refractivity contribution < 1.29 is 8.42 Å². The Hall–Kier alpha value is -2.78. The van der Waals surface area contributed by atoms with E-state index in [1.54, 1.807) is 36.4 Å². The van der Waals surface area contributed by atoms with Crippen molar-refractivity contribution >= 4 is 38.3 Å². The molecule has 32 heavy (non-hydrogen) atoms. The van der Waals surface area contributed by atoms with Crippen molar-refractivity contribution in [2.75, 3.05) is 0 Å². The molecule has 1 fully saturated rings. The summed E-state index contributed by atoms with van der Waals surface area (Å²) in [5, 5.41) is 3.81. The first kappa shape index (κ1) is 22.4. The summed E-state index contributed by atoms with van der Waals surface area (Å²) in [5.41, 5.74) is 1.30. The van der Waals surface area contributed by atoms with Crippen molar-refractivity contribution in [2.45, 2.75) is 55.9 Å². The van der Waals surface area contributed by atoms with Gasteiger partial charge in [0.25, 0.3) is 15.6 Å². The summed E-state index contributed by atoms with van der Waals surface area (Å²) in [4.78, 5) is 19.7. The number of nitrogens with zero attached hydrogens (tertiary/aromatic N) is 1. The largest absolute Gasteiger partial charge is 0.359 e. The molecule has 0 bridgehead atoms. The zero-order chi connectivity index (χ0) is 22.6. The van der Waals surface area contributed by atoms with Crippen LogP contribution in [-0.2, 0) is 22.9 Å². The number of aromatic nitrogens is 2. The standard InChI is InChI=1S/C23H26N4O3S2/c28-22-19-11-4-5-12-20(19)25-21(26-22)14-13-16-7-6-10-18(15-16)32(29,30)27-23(31)24-17-8-2-1-3-9-17/h4-7,10-12,15,17H,1-3,8-9,13-14H2,(H2,24,27,31)(H,25,26,28). The van der Waals surface area contributed by atoms with Gasteiger partial charge in [0.2, 0.25) is 0 Å². The third-order valence-corrected chi connectivity index (χ3v) is 7.39. The number of H-pyrrole nitrogens is 1. The Bertz CT molecular complexity index is 1280. The highest BCUT2D eigenvalue weighted by atomic mass is 32.2. The number of aryl methyl sites for hydroxylation is 2. The summed E-state index contributed by atoms with van der Waals surface area (Å²) in [5.74, 6) is 0.568. The number of hydrogen-bond donors (Lipinski definition) is 3. The van der Waals surface area contributed by atoms with Gasteiger partial charge in [-0.1, -0.05) is 43.5 Å². The minimum absolute atomic E-state index is 0.139. The van der Waals surface area contributed by atoms with E-state index in [9.17, 15) is 13.2 Å². The van der Waals surface area contributed by atoms with Gasteiger partial charge in [-0.05, 0) is 61.3 Å². The van der Waals surface area contributed by atoms with Crippen LogP contribution in [0, 0.1) is 0 Å². The molecule has 0 spiro atoms. The van der Waals surface area contributed by atoms with Gasteiger partial charge in [0, 0.05) is 12.5 Å². The molecule has 1 aliphatic rings. The second-order valence-electron chi connectivity index (χ2n) is 8.09. The van der Waals surface area contributed by atoms with Crippen LogP contribution >= 0.6 is 12.2 Å². The van der Waals surface area contributed by atoms with E-state index in [1.165, 1.54) is 6.42 Å². The zero-order valence-electron chi connectivity index (χ0n) is 17.6. The molecule has 1 aromatic heterocycles. The molecule has 2 aromatic carbocycles. The monoisotopic (exact) mass is 470 g/mol. The van der Waals surface area contributed by atoms with Gasteiger partial charge < -0.3 is 10.3 Å². The van der Waals surface area contributed by atoms with Crippen molar-refractivity contribution in [3.05, 3.63) is 70.3 Å². The molecule has 0 amide bonds. The molecule has 1 heterocycles. The molecule has 3 aromatic rings. The smallest absolute Gasteiger partial charge is 0.263 e. The summed E-state index contributed by atoms with van der Waals surface area (Å²) in [6.45, 7) is 0. The van der Waals surface area contributed by atoms with Crippen molar-refractivity contribution in [3.63, 3.8) is 0 Å². The first-order valence-electron chi connectivity index (χ1n) is 10.8. The van der Waals surface area contributed by atoms with Gasteiger partial charge in [-0.3, -0.25) is 9.52 Å². The Morgan fingerprint density at radius 1 is 1.06 bits per heavy atom. The van der Waals surface area contributed by atoms with E-state index in [-0.39, 0.29) is 21.6 Å². The topological polar surface area (TPSA) is 104 Å². The average Bonchev–Trinajstić information content (AvgIpc) is 2.78. The van der Waals surface area contributed by atoms with Crippen molar-refractivity contribution in [2.24, 2.45) is 0 Å². The van der Waals surface area contributed by atoms with Gasteiger partial charge in [0.15, 0.2) is 5.11 Å². The first-order valence-corrected chi connectivity index (χ1v) is 12.7. The highest BCUT2D eigenvalue weighted by molar-refractivity contribution is 7.91. The molecule has 1 saturated carbocycles. The predicted molar refractivity (Wildman–Crippen MR) is 129 cm³/mol. The quantitative estimate of drug-likeness (QED) is 0.478. The molecule has 0 aliphatic heterocycles. The Balaban J connectivity index is 1.42. The summed E-state index contributed by atoms with van der Waals surface area (Å²) in [7, 11) is -3.78. The first-order chi connectivity index (χ1) is 15.4. The number of rotatable bonds is 6. The fraction of sp³-hybridized carbons (Fsp3) is 0.348. The average molecular weight is 471 g/mol. The lowest BCUT2D eigenvalue weighted by Crippen LogP contribution is -2.44. The fourth-order valence-electron chi connectivity index (χ4n) is 4.03. The molecule has 1 aliphatic carbocycles. The number of fused-ring (bicyclic) bond motifs is 1. The molecule has 0 saturated heterocycles. The van der Waals surface area contributed by atoms with E-state index in [0.29, 0.717) is 29.6 Å². The molecule has 0 radical (unpaired) electrons. The maximum atomic E-state index is 12.8. The van der Waals surface area contributed by atoms with Gasteiger partial charge in [-0.15, -0.1) is 0 Å². The highest BCUT2D eigenvalue weighted by Gasteiger charge is 2.19. The molecular weight excluding hydrogens is 444 g/mol. The summed E-state index contributed by atoms with van der Waals surface area (Å²) in [6, 6.07) is 14.1. The number of nitrogens with one attached hydrogen (secondary N) is 3. The molecule has 7 nitrogen and oxygen atoms in total. The number of thiocarbonyl (C=S) groups is 1. The van der Waals surface area contributed by atoms with Gasteiger partial charge in [0.05, 0.1) is 15.8 Å². The summed E-state index contributed by atoms with van der Waals surface area (Å²) < 4.78 is 28.1. The van der Waals surface area contributed by atoms with E-state index in [1.807, 2.05) is 12.1 Å². The molecule has 0 atom stereocenters. The summed E-state index contributed by atoms with van der Waals surface area (Å²) in [6.07, 6.45) is 6.50. The molecule has 168 valence electrons. The van der Waals surface area contributed by atoms with Gasteiger partial charge in [-0.25, -0.2) is 13.4 Å². The number of benzene rings is 2. The van der Waals surface area contributed by atoms with Crippen molar-refractivity contribution in [3.8, 4) is 0 Å². The van der Waals surface area contributed by atoms with Crippen LogP contribution in [0.5, 0.6) is 0 Å². The van der Waals surface area contributed by atoms with Crippen LogP contribution < -0.4 is 15.6 Å². The van der Waals surface area contributed by atoms with E-state index >= 15 is 0 Å². The second kappa shape index (κ2) is 9.79. The Morgan fingerprint density at radius 3 is 2.66 bits per heavy atom. The third kappa shape index (κ3) is 5.52. The van der Waals surface area contributed by atoms with Crippen molar-refractivity contribution in [1.29, 1.82) is 0 Å². The molecule has 4 rings (SSSR count). The lowest BCUT2D eigenvalue weighted by molar-refractivity contribution is 0.413. The van der Waals surface area contributed by atoms with Gasteiger partial charge >= 0.3 is 0 Å². The lowest BCUT2D eigenvalue weighted by atomic mass is 9.96. The molecule has 0 unspecified atom stereocenters. The van der Waals surface area contributed by atoms with Crippen LogP contribution in [0.2, 0.25) is 0 Å². The van der Waals surface area contributed by atoms with Crippen LogP contribution in [0.15, 0.2) is 58.2 Å². The van der Waals surface area contributed by atoms with E-state index < -0.39 is 10.0 Å². The fourth-order valence-corrected chi connectivity index (χ4v) is 5.51. The minimum Gasteiger partial charge on any atom is -0.359 e. The molecule has 3 N–H and O–H groups in total. The molecular formula is C23H26N4O3S2. The van der Waals surface area contributed by atoms with Crippen molar-refractivity contribution in [1.82, 2.24) is 20.0 Å². The number of hydrogen-bond acceptors (Lipinski definition) is 5. The Morgan fingerprint density at radius 2 is 1.84 bits per heavy atom. The highest BCUT2D eigenvalue weighted by Crippen LogP contribution is 2.18. The second-order valence-corrected chi connectivity index (χ2v) is 10.2. The minimum atomic E-state index is -3.78. The Labute approximate surface area is 192 Å². The molecule has 9 heteroatoms. The number of sulfonamides is 1. The van der Waals surface area contributed by atoms with Crippen LogP contribution in [0.4, 0.5) is 0 Å². The van der Waals surface area contributed by atoms with Crippen LogP contribution in [0.25, 0.3) is 10.9 Å². The normalized spacial score (nSPS) is 14.9. The zero-order valence-corrected chi connectivity index (χ0v) is 19.3.